The molecule has 18 heavy (non-hydrogen) atoms. The van der Waals surface area contributed by atoms with E-state index in [-0.39, 0.29) is 0 Å². The maximum atomic E-state index is 4.15. The van der Waals surface area contributed by atoms with E-state index in [0.717, 1.165) is 12.1 Å². The molecule has 0 amide bonds. The molecule has 0 bridgehead atoms. The first kappa shape index (κ1) is 14.2. The van der Waals surface area contributed by atoms with Crippen LogP contribution in [0.5, 0.6) is 0 Å². The third kappa shape index (κ3) is 4.95. The van der Waals surface area contributed by atoms with E-state index >= 15 is 0 Å². The molecule has 0 saturated carbocycles. The van der Waals surface area contributed by atoms with Crippen LogP contribution in [0.2, 0.25) is 0 Å². The summed E-state index contributed by atoms with van der Waals surface area (Å²) in [5.41, 5.74) is 3.58. The van der Waals surface area contributed by atoms with Crippen molar-refractivity contribution in [2.24, 2.45) is 0 Å². The largest absolute Gasteiger partial charge is 0.378 e. The lowest BCUT2D eigenvalue weighted by atomic mass is 10.2. The minimum absolute atomic E-state index is 1.08. The quantitative estimate of drug-likeness (QED) is 0.811. The van der Waals surface area contributed by atoms with Crippen LogP contribution >= 0.6 is 0 Å². The van der Waals surface area contributed by atoms with Crippen molar-refractivity contribution < 1.29 is 0 Å². The summed E-state index contributed by atoms with van der Waals surface area (Å²) in [6, 6.07) is 8.10. The maximum absolute atomic E-state index is 4.15. The molecule has 0 aliphatic rings. The Bertz CT molecular complexity index is 435. The number of hydrogen-bond donors (Lipinski definition) is 0. The summed E-state index contributed by atoms with van der Waals surface area (Å²) in [5, 5.41) is 0. The van der Waals surface area contributed by atoms with Gasteiger partial charge in [-0.2, -0.15) is 0 Å². The summed E-state index contributed by atoms with van der Waals surface area (Å²) in [5.74, 6) is 0. The normalized spacial score (nSPS) is 9.33. The first-order valence-electron chi connectivity index (χ1n) is 6.12. The van der Waals surface area contributed by atoms with Crippen molar-refractivity contribution in [3.63, 3.8) is 0 Å². The Morgan fingerprint density at radius 2 is 1.72 bits per heavy atom. The van der Waals surface area contributed by atoms with Gasteiger partial charge in [0.2, 0.25) is 0 Å². The van der Waals surface area contributed by atoms with Crippen LogP contribution in [0.4, 0.5) is 5.69 Å². The van der Waals surface area contributed by atoms with Crippen LogP contribution < -0.4 is 4.90 Å². The molecule has 0 saturated heterocycles. The Labute approximate surface area is 110 Å². The van der Waals surface area contributed by atoms with E-state index in [4.69, 9.17) is 0 Å². The molecular formula is C15H21N3. The highest BCUT2D eigenvalue weighted by Gasteiger charge is 1.88. The van der Waals surface area contributed by atoms with Gasteiger partial charge in [-0.3, -0.25) is 9.97 Å². The van der Waals surface area contributed by atoms with Crippen molar-refractivity contribution in [1.82, 2.24) is 9.97 Å². The Balaban J connectivity index is 0.000000180. The predicted octanol–water partition coefficient (Wildman–Crippen LogP) is 3.10. The van der Waals surface area contributed by atoms with Crippen molar-refractivity contribution in [3.8, 4) is 0 Å². The summed E-state index contributed by atoms with van der Waals surface area (Å²) < 4.78 is 0. The van der Waals surface area contributed by atoms with Gasteiger partial charge in [0.05, 0.1) is 0 Å². The molecule has 0 aromatic carbocycles. The minimum Gasteiger partial charge on any atom is -0.378 e. The molecule has 0 N–H and O–H groups in total. The second-order valence-electron chi connectivity index (χ2n) is 4.26. The molecule has 0 radical (unpaired) electrons. The summed E-state index contributed by atoms with van der Waals surface area (Å²) >= 11 is 0. The fourth-order valence-corrected chi connectivity index (χ4v) is 1.35. The fourth-order valence-electron chi connectivity index (χ4n) is 1.35. The first-order valence-corrected chi connectivity index (χ1v) is 6.12. The Morgan fingerprint density at radius 1 is 1.06 bits per heavy atom. The van der Waals surface area contributed by atoms with Crippen LogP contribution in [0.1, 0.15) is 18.2 Å². The van der Waals surface area contributed by atoms with E-state index < -0.39 is 0 Å². The highest BCUT2D eigenvalue weighted by Crippen LogP contribution is 2.05. The van der Waals surface area contributed by atoms with E-state index in [0.29, 0.717) is 0 Å². The second-order valence-corrected chi connectivity index (χ2v) is 4.26. The van der Waals surface area contributed by atoms with Crippen LogP contribution in [0, 0.1) is 6.92 Å². The van der Waals surface area contributed by atoms with Gasteiger partial charge >= 0.3 is 0 Å². The average molecular weight is 243 g/mol. The number of anilines is 1. The van der Waals surface area contributed by atoms with Crippen molar-refractivity contribution in [2.45, 2.75) is 20.3 Å². The van der Waals surface area contributed by atoms with Gasteiger partial charge in [-0.15, -0.1) is 0 Å². The van der Waals surface area contributed by atoms with E-state index in [1.54, 1.807) is 12.4 Å². The molecule has 96 valence electrons. The predicted molar refractivity (Wildman–Crippen MR) is 76.9 cm³/mol. The molecule has 2 heterocycles. The van der Waals surface area contributed by atoms with Crippen molar-refractivity contribution in [1.29, 1.82) is 0 Å². The van der Waals surface area contributed by atoms with Gasteiger partial charge in [0.15, 0.2) is 0 Å². The molecule has 0 atom stereocenters. The third-order valence-corrected chi connectivity index (χ3v) is 2.56. The molecular weight excluding hydrogens is 222 g/mol. The van der Waals surface area contributed by atoms with Crippen LogP contribution in [0.3, 0.4) is 0 Å². The fraction of sp³-hybridized carbons (Fsp3) is 0.333. The zero-order chi connectivity index (χ0) is 13.4. The summed E-state index contributed by atoms with van der Waals surface area (Å²) in [6.07, 6.45) is 6.58. The zero-order valence-corrected chi connectivity index (χ0v) is 11.6. The summed E-state index contributed by atoms with van der Waals surface area (Å²) in [4.78, 5) is 10.1. The lowest BCUT2D eigenvalue weighted by Crippen LogP contribution is -2.07. The van der Waals surface area contributed by atoms with Crippen LogP contribution in [0.25, 0.3) is 0 Å². The van der Waals surface area contributed by atoms with Gasteiger partial charge in [-0.1, -0.05) is 13.0 Å². The molecule has 0 aliphatic carbocycles. The van der Waals surface area contributed by atoms with Gasteiger partial charge in [0, 0.05) is 44.1 Å². The lowest BCUT2D eigenvalue weighted by Gasteiger charge is -2.10. The molecule has 0 spiro atoms. The maximum Gasteiger partial charge on any atom is 0.0391 e. The monoisotopic (exact) mass is 243 g/mol. The molecule has 0 aliphatic heterocycles. The van der Waals surface area contributed by atoms with E-state index in [1.807, 2.05) is 50.3 Å². The first-order chi connectivity index (χ1) is 8.63. The smallest absolute Gasteiger partial charge is 0.0391 e. The van der Waals surface area contributed by atoms with Gasteiger partial charge < -0.3 is 4.90 Å². The number of hydrogen-bond acceptors (Lipinski definition) is 3. The van der Waals surface area contributed by atoms with E-state index in [9.17, 15) is 0 Å². The minimum atomic E-state index is 1.08. The molecule has 2 aromatic heterocycles. The van der Waals surface area contributed by atoms with Crippen LogP contribution in [-0.2, 0) is 6.42 Å². The van der Waals surface area contributed by atoms with Crippen molar-refractivity contribution in [2.75, 3.05) is 19.0 Å². The highest BCUT2D eigenvalue weighted by atomic mass is 15.1. The van der Waals surface area contributed by atoms with Crippen molar-refractivity contribution in [3.05, 3.63) is 54.1 Å². The Hall–Kier alpha value is -1.90. The number of pyridine rings is 2. The number of nitrogens with zero attached hydrogens (tertiary/aromatic N) is 3. The molecule has 0 fully saturated rings. The molecule has 3 heteroatoms. The molecule has 0 unspecified atom stereocenters. The van der Waals surface area contributed by atoms with E-state index in [2.05, 4.69) is 23.0 Å². The third-order valence-electron chi connectivity index (χ3n) is 2.56. The number of aryl methyl sites for hydroxylation is 2. The number of rotatable bonds is 2. The van der Waals surface area contributed by atoms with Gasteiger partial charge in [-0.05, 0) is 37.1 Å². The topological polar surface area (TPSA) is 29.0 Å². The van der Waals surface area contributed by atoms with E-state index in [1.165, 1.54) is 11.3 Å². The highest BCUT2D eigenvalue weighted by molar-refractivity contribution is 5.42. The number of aromatic nitrogens is 2. The van der Waals surface area contributed by atoms with Gasteiger partial charge in [-0.25, -0.2) is 0 Å². The summed E-state index contributed by atoms with van der Waals surface area (Å²) in [7, 11) is 4.02. The Morgan fingerprint density at radius 3 is 2.11 bits per heavy atom. The SMILES string of the molecule is CCc1ccc(C)nc1.CN(C)c1ccncc1. The summed E-state index contributed by atoms with van der Waals surface area (Å²) in [6.45, 7) is 4.13. The average Bonchev–Trinajstić information content (AvgIpc) is 2.41. The molecule has 2 aromatic rings. The Kier molecular flexibility index (Phi) is 5.85. The van der Waals surface area contributed by atoms with Gasteiger partial charge in [0.25, 0.3) is 0 Å². The molecule has 3 nitrogen and oxygen atoms in total. The van der Waals surface area contributed by atoms with Crippen LogP contribution in [0.15, 0.2) is 42.9 Å². The van der Waals surface area contributed by atoms with Gasteiger partial charge in [0.1, 0.15) is 0 Å². The lowest BCUT2D eigenvalue weighted by molar-refractivity contribution is 1.08. The zero-order valence-electron chi connectivity index (χ0n) is 11.6. The van der Waals surface area contributed by atoms with Crippen molar-refractivity contribution >= 4 is 5.69 Å². The standard InChI is InChI=1S/C8H11N.C7H10N2/c1-3-8-5-4-7(2)9-6-8;1-9(2)7-3-5-8-6-4-7/h4-6H,3H2,1-2H3;3-6H,1-2H3. The second kappa shape index (κ2) is 7.43. The molecule has 2 rings (SSSR count). The van der Waals surface area contributed by atoms with Crippen LogP contribution in [-0.4, -0.2) is 24.1 Å².